The minimum atomic E-state index is -0.454. The summed E-state index contributed by atoms with van der Waals surface area (Å²) in [7, 11) is 0. The van der Waals surface area contributed by atoms with Crippen LogP contribution in [-0.4, -0.2) is 11.9 Å². The van der Waals surface area contributed by atoms with Crippen molar-refractivity contribution in [2.75, 3.05) is 5.32 Å². The maximum atomic E-state index is 11.7. The van der Waals surface area contributed by atoms with Gasteiger partial charge in [-0.1, -0.05) is 31.4 Å². The van der Waals surface area contributed by atoms with Crippen LogP contribution in [0.5, 0.6) is 0 Å². The summed E-state index contributed by atoms with van der Waals surface area (Å²) in [5.74, 6) is -0.160. The second-order valence-corrected chi connectivity index (χ2v) is 5.13. The summed E-state index contributed by atoms with van der Waals surface area (Å²) < 4.78 is 0.749. The Bertz CT molecular complexity index is 398. The third-order valence-corrected chi connectivity index (χ3v) is 3.61. The van der Waals surface area contributed by atoms with Crippen molar-refractivity contribution in [3.8, 4) is 0 Å². The Labute approximate surface area is 115 Å². The molecule has 0 saturated carbocycles. The fourth-order valence-corrected chi connectivity index (χ4v) is 1.86. The predicted octanol–water partition coefficient (Wildman–Crippen LogP) is 3.56. The zero-order valence-corrected chi connectivity index (χ0v) is 12.0. The lowest BCUT2D eigenvalue weighted by Crippen LogP contribution is -2.35. The average Bonchev–Trinajstić information content (AvgIpc) is 2.30. The molecule has 0 spiro atoms. The van der Waals surface area contributed by atoms with Gasteiger partial charge in [-0.2, -0.15) is 0 Å². The Balaban J connectivity index is 2.58. The quantitative estimate of drug-likeness (QED) is 0.872. The van der Waals surface area contributed by atoms with Crippen LogP contribution < -0.4 is 11.1 Å². The van der Waals surface area contributed by atoms with E-state index in [1.165, 1.54) is 0 Å². The van der Waals surface area contributed by atoms with Gasteiger partial charge in [0.15, 0.2) is 0 Å². The van der Waals surface area contributed by atoms with Crippen LogP contribution >= 0.6 is 27.5 Å². The molecule has 17 heavy (non-hydrogen) atoms. The molecule has 1 rings (SSSR count). The fourth-order valence-electron chi connectivity index (χ4n) is 1.36. The summed E-state index contributed by atoms with van der Waals surface area (Å²) in [6.45, 7) is 2.07. The molecule has 0 aliphatic carbocycles. The molecule has 0 unspecified atom stereocenters. The van der Waals surface area contributed by atoms with Crippen molar-refractivity contribution in [2.24, 2.45) is 5.73 Å². The van der Waals surface area contributed by atoms with Gasteiger partial charge in [-0.3, -0.25) is 4.79 Å². The van der Waals surface area contributed by atoms with Gasteiger partial charge in [0.05, 0.1) is 11.1 Å². The van der Waals surface area contributed by atoms with E-state index in [0.717, 1.165) is 17.3 Å². The van der Waals surface area contributed by atoms with Gasteiger partial charge < -0.3 is 11.1 Å². The van der Waals surface area contributed by atoms with Crippen molar-refractivity contribution in [1.82, 2.24) is 0 Å². The topological polar surface area (TPSA) is 55.1 Å². The van der Waals surface area contributed by atoms with E-state index in [1.807, 2.05) is 0 Å². The van der Waals surface area contributed by atoms with Crippen LogP contribution in [0.1, 0.15) is 26.2 Å². The van der Waals surface area contributed by atoms with Crippen molar-refractivity contribution in [2.45, 2.75) is 32.2 Å². The number of hydrogen-bond donors (Lipinski definition) is 2. The highest BCUT2D eigenvalue weighted by Crippen LogP contribution is 2.25. The molecular formula is C12H16BrClN2O. The van der Waals surface area contributed by atoms with Gasteiger partial charge in [-0.05, 0) is 40.5 Å². The first-order valence-electron chi connectivity index (χ1n) is 5.56. The number of anilines is 1. The number of carbonyl (C=O) groups excluding carboxylic acids is 1. The monoisotopic (exact) mass is 318 g/mol. The third-order valence-electron chi connectivity index (χ3n) is 2.39. The number of halogens is 2. The smallest absolute Gasteiger partial charge is 0.241 e. The van der Waals surface area contributed by atoms with Crippen LogP contribution in [0.15, 0.2) is 22.7 Å². The van der Waals surface area contributed by atoms with E-state index in [4.69, 9.17) is 17.3 Å². The fraction of sp³-hybridized carbons (Fsp3) is 0.417. The SMILES string of the molecule is CCCC[C@H](N)C(=O)Nc1ccc(Cl)c(Br)c1. The molecule has 3 N–H and O–H groups in total. The molecule has 1 amide bonds. The standard InChI is InChI=1S/C12H16BrClN2O/c1-2-3-4-11(15)12(17)16-8-5-6-10(14)9(13)7-8/h5-7,11H,2-4,15H2,1H3,(H,16,17)/t11-/m0/s1. The molecule has 5 heteroatoms. The Morgan fingerprint density at radius 2 is 2.29 bits per heavy atom. The molecule has 94 valence electrons. The maximum Gasteiger partial charge on any atom is 0.241 e. The van der Waals surface area contributed by atoms with Crippen LogP contribution in [0.4, 0.5) is 5.69 Å². The third kappa shape index (κ3) is 4.66. The second-order valence-electron chi connectivity index (χ2n) is 3.87. The highest BCUT2D eigenvalue weighted by atomic mass is 79.9. The molecule has 0 fully saturated rings. The molecule has 0 bridgehead atoms. The lowest BCUT2D eigenvalue weighted by molar-refractivity contribution is -0.117. The van der Waals surface area contributed by atoms with Gasteiger partial charge in [0.1, 0.15) is 0 Å². The molecule has 0 aliphatic heterocycles. The minimum Gasteiger partial charge on any atom is -0.325 e. The molecule has 3 nitrogen and oxygen atoms in total. The normalized spacial score (nSPS) is 12.2. The van der Waals surface area contributed by atoms with Crippen LogP contribution in [0.3, 0.4) is 0 Å². The van der Waals surface area contributed by atoms with Crippen molar-refractivity contribution < 1.29 is 4.79 Å². The summed E-state index contributed by atoms with van der Waals surface area (Å²) in [6.07, 6.45) is 2.70. The van der Waals surface area contributed by atoms with E-state index in [-0.39, 0.29) is 5.91 Å². The molecule has 0 aliphatic rings. The molecule has 0 heterocycles. The van der Waals surface area contributed by atoms with Crippen molar-refractivity contribution in [1.29, 1.82) is 0 Å². The first-order chi connectivity index (χ1) is 8.04. The molecule has 0 aromatic heterocycles. The van der Waals surface area contributed by atoms with Crippen molar-refractivity contribution in [3.05, 3.63) is 27.7 Å². The van der Waals surface area contributed by atoms with E-state index in [0.29, 0.717) is 17.1 Å². The van der Waals surface area contributed by atoms with Crippen LogP contribution in [-0.2, 0) is 4.79 Å². The van der Waals surface area contributed by atoms with Crippen molar-refractivity contribution in [3.63, 3.8) is 0 Å². The second kappa shape index (κ2) is 6.99. The lowest BCUT2D eigenvalue weighted by Gasteiger charge is -2.12. The Morgan fingerprint density at radius 3 is 2.88 bits per heavy atom. The average molecular weight is 320 g/mol. The molecule has 1 atom stereocenters. The number of nitrogens with two attached hydrogens (primary N) is 1. The highest BCUT2D eigenvalue weighted by molar-refractivity contribution is 9.10. The number of unbranched alkanes of at least 4 members (excludes halogenated alkanes) is 1. The van der Waals surface area contributed by atoms with E-state index in [2.05, 4.69) is 28.2 Å². The summed E-state index contributed by atoms with van der Waals surface area (Å²) >= 11 is 9.16. The molecular weight excluding hydrogens is 304 g/mol. The highest BCUT2D eigenvalue weighted by Gasteiger charge is 2.13. The molecule has 0 saturated heterocycles. The number of nitrogens with one attached hydrogen (secondary N) is 1. The Hall–Kier alpha value is -0.580. The maximum absolute atomic E-state index is 11.7. The van der Waals surface area contributed by atoms with Crippen LogP contribution in [0, 0.1) is 0 Å². The van der Waals surface area contributed by atoms with E-state index >= 15 is 0 Å². The predicted molar refractivity (Wildman–Crippen MR) is 75.3 cm³/mol. The summed E-state index contributed by atoms with van der Waals surface area (Å²) in [5, 5.41) is 3.38. The zero-order valence-electron chi connectivity index (χ0n) is 9.67. The Morgan fingerprint density at radius 1 is 1.59 bits per heavy atom. The Kier molecular flexibility index (Phi) is 5.95. The summed E-state index contributed by atoms with van der Waals surface area (Å²) in [4.78, 5) is 11.7. The number of rotatable bonds is 5. The van der Waals surface area contributed by atoms with Crippen LogP contribution in [0.25, 0.3) is 0 Å². The van der Waals surface area contributed by atoms with Gasteiger partial charge >= 0.3 is 0 Å². The van der Waals surface area contributed by atoms with Gasteiger partial charge in [-0.25, -0.2) is 0 Å². The summed E-state index contributed by atoms with van der Waals surface area (Å²) in [6, 6.07) is 4.77. The lowest BCUT2D eigenvalue weighted by atomic mass is 10.1. The van der Waals surface area contributed by atoms with Crippen LogP contribution in [0.2, 0.25) is 5.02 Å². The molecule has 1 aromatic carbocycles. The number of benzene rings is 1. The number of amides is 1. The zero-order chi connectivity index (χ0) is 12.8. The van der Waals surface area contributed by atoms with E-state index < -0.39 is 6.04 Å². The first-order valence-corrected chi connectivity index (χ1v) is 6.73. The first kappa shape index (κ1) is 14.5. The van der Waals surface area contributed by atoms with E-state index in [1.54, 1.807) is 18.2 Å². The van der Waals surface area contributed by atoms with Crippen molar-refractivity contribution >= 4 is 39.1 Å². The molecule has 1 aromatic rings. The number of hydrogen-bond acceptors (Lipinski definition) is 2. The van der Waals surface area contributed by atoms with E-state index in [9.17, 15) is 4.79 Å². The summed E-state index contributed by atoms with van der Waals surface area (Å²) in [5.41, 5.74) is 6.46. The number of carbonyl (C=O) groups is 1. The largest absolute Gasteiger partial charge is 0.325 e. The molecule has 0 radical (unpaired) electrons. The van der Waals surface area contributed by atoms with Gasteiger partial charge in [0.2, 0.25) is 5.91 Å². The van der Waals surface area contributed by atoms with Gasteiger partial charge in [0.25, 0.3) is 0 Å². The van der Waals surface area contributed by atoms with Gasteiger partial charge in [0, 0.05) is 10.2 Å². The minimum absolute atomic E-state index is 0.160. The van der Waals surface area contributed by atoms with Gasteiger partial charge in [-0.15, -0.1) is 0 Å².